The van der Waals surface area contributed by atoms with Gasteiger partial charge in [0.1, 0.15) is 5.75 Å². The minimum Gasteiger partial charge on any atom is -0.484 e. The van der Waals surface area contributed by atoms with Crippen LogP contribution >= 0.6 is 0 Å². The predicted molar refractivity (Wildman–Crippen MR) is 125 cm³/mol. The van der Waals surface area contributed by atoms with E-state index in [1.807, 2.05) is 6.92 Å². The van der Waals surface area contributed by atoms with Crippen LogP contribution in [0.2, 0.25) is 0 Å². The minimum absolute atomic E-state index is 0.0865. The van der Waals surface area contributed by atoms with Crippen LogP contribution in [0.4, 0.5) is 5.69 Å². The molecule has 2 aromatic carbocycles. The summed E-state index contributed by atoms with van der Waals surface area (Å²) < 4.78 is 31.8. The Morgan fingerprint density at radius 2 is 1.61 bits per heavy atom. The smallest absolute Gasteiger partial charge is 0.257 e. The van der Waals surface area contributed by atoms with E-state index in [0.717, 1.165) is 0 Å². The summed E-state index contributed by atoms with van der Waals surface area (Å²) in [5, 5.41) is 5.37. The molecule has 2 amide bonds. The van der Waals surface area contributed by atoms with Gasteiger partial charge in [-0.2, -0.15) is 0 Å². The summed E-state index contributed by atoms with van der Waals surface area (Å²) in [6.45, 7) is 3.84. The first-order valence-corrected chi connectivity index (χ1v) is 11.9. The highest BCUT2D eigenvalue weighted by Gasteiger charge is 2.20. The van der Waals surface area contributed by atoms with Gasteiger partial charge in [-0.3, -0.25) is 14.4 Å². The van der Waals surface area contributed by atoms with Gasteiger partial charge in [0.25, 0.3) is 5.91 Å². The van der Waals surface area contributed by atoms with Crippen molar-refractivity contribution in [2.45, 2.75) is 31.6 Å². The first kappa shape index (κ1) is 26.0. The van der Waals surface area contributed by atoms with E-state index in [0.29, 0.717) is 30.0 Å². The van der Waals surface area contributed by atoms with Crippen LogP contribution in [-0.4, -0.2) is 57.1 Å². The Morgan fingerprint density at radius 3 is 2.18 bits per heavy atom. The van der Waals surface area contributed by atoms with Gasteiger partial charge in [-0.05, 0) is 56.7 Å². The van der Waals surface area contributed by atoms with Crippen molar-refractivity contribution >= 4 is 33.3 Å². The Kier molecular flexibility index (Phi) is 9.56. The number of anilines is 1. The highest BCUT2D eigenvalue weighted by molar-refractivity contribution is 7.89. The zero-order valence-electron chi connectivity index (χ0n) is 19.0. The Morgan fingerprint density at radius 1 is 0.970 bits per heavy atom. The molecule has 2 aromatic rings. The van der Waals surface area contributed by atoms with Crippen molar-refractivity contribution in [3.63, 3.8) is 0 Å². The lowest BCUT2D eigenvalue weighted by Crippen LogP contribution is -2.28. The van der Waals surface area contributed by atoms with Crippen LogP contribution in [0.15, 0.2) is 53.4 Å². The SMILES string of the molecule is CCNC(=O)COc1ccc(NC(=O)CCCN(C)S(=O)(=O)c2ccc(C(C)=O)cc2)cc1. The van der Waals surface area contributed by atoms with Gasteiger partial charge in [-0.15, -0.1) is 0 Å². The zero-order valence-corrected chi connectivity index (χ0v) is 19.8. The molecule has 9 nitrogen and oxygen atoms in total. The Hall–Kier alpha value is -3.24. The molecule has 0 aliphatic heterocycles. The number of hydrogen-bond donors (Lipinski definition) is 2. The number of ketones is 1. The summed E-state index contributed by atoms with van der Waals surface area (Å²) in [5.41, 5.74) is 1.01. The molecule has 0 fully saturated rings. The molecule has 0 saturated heterocycles. The van der Waals surface area contributed by atoms with E-state index >= 15 is 0 Å². The maximum atomic E-state index is 12.6. The molecule has 178 valence electrons. The lowest BCUT2D eigenvalue weighted by molar-refractivity contribution is -0.123. The molecule has 0 radical (unpaired) electrons. The van der Waals surface area contributed by atoms with Gasteiger partial charge >= 0.3 is 0 Å². The zero-order chi connectivity index (χ0) is 24.4. The van der Waals surface area contributed by atoms with E-state index in [-0.39, 0.29) is 42.1 Å². The Labute approximate surface area is 194 Å². The van der Waals surface area contributed by atoms with Gasteiger partial charge in [0, 0.05) is 37.8 Å². The summed E-state index contributed by atoms with van der Waals surface area (Å²) in [5.74, 6) is -0.0974. The van der Waals surface area contributed by atoms with Gasteiger partial charge in [-0.25, -0.2) is 12.7 Å². The van der Waals surface area contributed by atoms with Crippen LogP contribution in [0.25, 0.3) is 0 Å². The Bertz CT molecular complexity index is 1070. The van der Waals surface area contributed by atoms with Crippen molar-refractivity contribution in [1.29, 1.82) is 0 Å². The summed E-state index contributed by atoms with van der Waals surface area (Å²) in [7, 11) is -2.26. The van der Waals surface area contributed by atoms with Gasteiger partial charge in [-0.1, -0.05) is 12.1 Å². The number of carbonyl (C=O) groups is 3. The number of sulfonamides is 1. The second-order valence-corrected chi connectivity index (χ2v) is 9.37. The number of amides is 2. The fourth-order valence-electron chi connectivity index (χ4n) is 2.88. The molecule has 0 aliphatic carbocycles. The second-order valence-electron chi connectivity index (χ2n) is 7.33. The number of likely N-dealkylation sites (N-methyl/N-ethyl adjacent to an activating group) is 1. The number of nitrogens with one attached hydrogen (secondary N) is 2. The fraction of sp³-hybridized carbons (Fsp3) is 0.348. The molecule has 0 saturated carbocycles. The second kappa shape index (κ2) is 12.1. The predicted octanol–water partition coefficient (Wildman–Crippen LogP) is 2.44. The molecule has 0 aromatic heterocycles. The van der Waals surface area contributed by atoms with E-state index < -0.39 is 10.0 Å². The number of carbonyl (C=O) groups excluding carboxylic acids is 3. The van der Waals surface area contributed by atoms with Crippen LogP contribution < -0.4 is 15.4 Å². The first-order chi connectivity index (χ1) is 15.6. The Balaban J connectivity index is 1.80. The van der Waals surface area contributed by atoms with Gasteiger partial charge in [0.15, 0.2) is 12.4 Å². The summed E-state index contributed by atoms with van der Waals surface area (Å²) in [6.07, 6.45) is 0.472. The van der Waals surface area contributed by atoms with Gasteiger partial charge < -0.3 is 15.4 Å². The standard InChI is InChI=1S/C23H29N3O6S/c1-4-24-23(29)16-32-20-11-9-19(10-12-20)25-22(28)6-5-15-26(3)33(30,31)21-13-7-18(8-14-21)17(2)27/h7-14H,4-6,15-16H2,1-3H3,(H,24,29)(H,25,28). The van der Waals surface area contributed by atoms with E-state index in [1.54, 1.807) is 24.3 Å². The third-order valence-electron chi connectivity index (χ3n) is 4.73. The van der Waals surface area contributed by atoms with Gasteiger partial charge in [0.2, 0.25) is 15.9 Å². The van der Waals surface area contributed by atoms with E-state index in [2.05, 4.69) is 10.6 Å². The fourth-order valence-corrected chi connectivity index (χ4v) is 4.09. The highest BCUT2D eigenvalue weighted by Crippen LogP contribution is 2.18. The number of rotatable bonds is 12. The van der Waals surface area contributed by atoms with E-state index in [1.165, 1.54) is 42.5 Å². The monoisotopic (exact) mass is 475 g/mol. The van der Waals surface area contributed by atoms with Crippen LogP contribution in [0.1, 0.15) is 37.0 Å². The number of ether oxygens (including phenoxy) is 1. The topological polar surface area (TPSA) is 122 Å². The maximum absolute atomic E-state index is 12.6. The average Bonchev–Trinajstić information content (AvgIpc) is 2.78. The van der Waals surface area contributed by atoms with Crippen molar-refractivity contribution in [1.82, 2.24) is 9.62 Å². The van der Waals surface area contributed by atoms with Crippen molar-refractivity contribution in [2.75, 3.05) is 32.1 Å². The summed E-state index contributed by atoms with van der Waals surface area (Å²) in [6, 6.07) is 12.4. The van der Waals surface area contributed by atoms with E-state index in [9.17, 15) is 22.8 Å². The quantitative estimate of drug-likeness (QED) is 0.455. The average molecular weight is 476 g/mol. The first-order valence-electron chi connectivity index (χ1n) is 10.5. The lowest BCUT2D eigenvalue weighted by atomic mass is 10.2. The molecule has 10 heteroatoms. The number of Topliss-reactive ketones (excluding diaryl/α,β-unsaturated/α-hetero) is 1. The molecule has 2 N–H and O–H groups in total. The minimum atomic E-state index is -3.71. The molecule has 0 spiro atoms. The number of benzene rings is 2. The van der Waals surface area contributed by atoms with Crippen molar-refractivity contribution in [2.24, 2.45) is 0 Å². The molecular weight excluding hydrogens is 446 g/mol. The highest BCUT2D eigenvalue weighted by atomic mass is 32.2. The largest absolute Gasteiger partial charge is 0.484 e. The molecular formula is C23H29N3O6S. The third kappa shape index (κ3) is 7.99. The van der Waals surface area contributed by atoms with Crippen LogP contribution in [0, 0.1) is 0 Å². The van der Waals surface area contributed by atoms with Crippen LogP contribution in [-0.2, 0) is 19.6 Å². The van der Waals surface area contributed by atoms with Crippen LogP contribution in [0.5, 0.6) is 5.75 Å². The van der Waals surface area contributed by atoms with E-state index in [4.69, 9.17) is 4.74 Å². The molecule has 0 atom stereocenters. The molecule has 33 heavy (non-hydrogen) atoms. The lowest BCUT2D eigenvalue weighted by Gasteiger charge is -2.17. The molecule has 0 unspecified atom stereocenters. The number of hydrogen-bond acceptors (Lipinski definition) is 6. The molecule has 0 aliphatic rings. The van der Waals surface area contributed by atoms with Gasteiger partial charge in [0.05, 0.1) is 4.90 Å². The maximum Gasteiger partial charge on any atom is 0.257 e. The van der Waals surface area contributed by atoms with Crippen molar-refractivity contribution < 1.29 is 27.5 Å². The third-order valence-corrected chi connectivity index (χ3v) is 6.60. The molecule has 0 heterocycles. The summed E-state index contributed by atoms with van der Waals surface area (Å²) in [4.78, 5) is 35.0. The van der Waals surface area contributed by atoms with Crippen molar-refractivity contribution in [3.05, 3.63) is 54.1 Å². The number of nitrogens with zero attached hydrogens (tertiary/aromatic N) is 1. The summed E-state index contributed by atoms with van der Waals surface area (Å²) >= 11 is 0. The molecule has 2 rings (SSSR count). The molecule has 0 bridgehead atoms. The van der Waals surface area contributed by atoms with Crippen molar-refractivity contribution in [3.8, 4) is 5.75 Å². The van der Waals surface area contributed by atoms with Crippen LogP contribution in [0.3, 0.4) is 0 Å². The normalized spacial score (nSPS) is 11.2.